The van der Waals surface area contributed by atoms with Crippen LogP contribution in [0.2, 0.25) is 48.2 Å². The Morgan fingerprint density at radius 1 is 0.417 bits per heavy atom. The van der Waals surface area contributed by atoms with Crippen LogP contribution in [0.3, 0.4) is 0 Å². The van der Waals surface area contributed by atoms with Crippen molar-refractivity contribution in [3.63, 3.8) is 0 Å². The standard InChI is InChI=1S/2C5H5.Fe.Mg.2H/c2*1-2-4-5-3-1;;;;/h2*1-5H;;;;. The maximum atomic E-state index is 1.59. The topological polar surface area (TPSA) is 0 Å². The molecule has 0 bridgehead atoms. The van der Waals surface area contributed by atoms with Crippen molar-refractivity contribution in [3.8, 4) is 0 Å². The van der Waals surface area contributed by atoms with Gasteiger partial charge in [-0.05, 0) is 0 Å². The fourth-order valence-corrected chi connectivity index (χ4v) is 88.0. The Bertz CT molecular complexity index is 577. The van der Waals surface area contributed by atoms with Crippen LogP contribution >= 0.6 is 0 Å². The van der Waals surface area contributed by atoms with E-state index in [2.05, 4.69) is 0 Å². The Morgan fingerprint density at radius 2 is 0.583 bits per heavy atom. The Balaban J connectivity index is 0.000000400. The molecule has 0 unspecified atom stereocenters. The van der Waals surface area contributed by atoms with Crippen LogP contribution in [0.4, 0.5) is 0 Å². The van der Waals surface area contributed by atoms with Crippen molar-refractivity contribution in [2.45, 2.75) is 48.2 Å². The molecule has 0 radical (unpaired) electrons. The van der Waals surface area contributed by atoms with E-state index in [0.29, 0.717) is 0 Å². The van der Waals surface area contributed by atoms with E-state index >= 15 is 0 Å². The third kappa shape index (κ3) is 0.0295. The van der Waals surface area contributed by atoms with Gasteiger partial charge in [0.25, 0.3) is 0 Å². The van der Waals surface area contributed by atoms with Gasteiger partial charge in [0.05, 0.1) is 0 Å². The molecule has 0 aliphatic carbocycles. The normalized spacial score (nSPS) is 157. The summed E-state index contributed by atoms with van der Waals surface area (Å²) >= 11 is 0. The van der Waals surface area contributed by atoms with Crippen molar-refractivity contribution in [2.75, 3.05) is 0 Å². The van der Waals surface area contributed by atoms with Crippen molar-refractivity contribution in [2.24, 2.45) is 0 Å². The van der Waals surface area contributed by atoms with E-state index in [1.165, 1.54) is 0 Å². The van der Waals surface area contributed by atoms with E-state index < -0.39 is 6.51 Å². The van der Waals surface area contributed by atoms with Gasteiger partial charge in [0.1, 0.15) is 0 Å². The van der Waals surface area contributed by atoms with Crippen molar-refractivity contribution in [1.29, 1.82) is 0 Å². The number of hydrogen-bond acceptors (Lipinski definition) is 0. The zero-order valence-electron chi connectivity index (χ0n) is 6.13. The number of hydrogen-bond donors (Lipinski definition) is 0. The molecule has 10 rings (SSSR count). The summed E-state index contributed by atoms with van der Waals surface area (Å²) in [5, 5.41) is 0. The minimum absolute atomic E-state index is 0. The van der Waals surface area contributed by atoms with E-state index in [0.717, 1.165) is 0 Å². The van der Waals surface area contributed by atoms with Gasteiger partial charge in [0, 0.05) is 0 Å². The predicted molar refractivity (Wildman–Crippen MR) is 46.0 cm³/mol. The van der Waals surface area contributed by atoms with Gasteiger partial charge in [-0.1, -0.05) is 0 Å². The van der Waals surface area contributed by atoms with Crippen molar-refractivity contribution < 1.29 is 6.51 Å². The largest absolute Gasteiger partial charge is 0.316 e. The summed E-state index contributed by atoms with van der Waals surface area (Å²) in [5.74, 6) is 0. The van der Waals surface area contributed by atoms with Crippen molar-refractivity contribution >= 4 is 23.1 Å². The minimum Gasteiger partial charge on any atom is 0.316 e. The first-order valence-electron chi connectivity index (χ1n) is 5.37. The van der Waals surface area contributed by atoms with Crippen LogP contribution in [0.1, 0.15) is 0 Å². The van der Waals surface area contributed by atoms with E-state index in [9.17, 15) is 0 Å². The fourth-order valence-electron chi connectivity index (χ4n) is 15.8. The first-order valence-corrected chi connectivity index (χ1v) is 11.7. The summed E-state index contributed by atoms with van der Waals surface area (Å²) in [6, 6.07) is 0. The van der Waals surface area contributed by atoms with Crippen LogP contribution in [0.15, 0.2) is 0 Å². The number of fused-ring (bicyclic) bond motifs is 10. The Morgan fingerprint density at radius 3 is 0.583 bits per heavy atom. The molecule has 0 aromatic carbocycles. The van der Waals surface area contributed by atoms with Gasteiger partial charge in [-0.25, -0.2) is 0 Å². The molecule has 0 saturated carbocycles. The van der Waals surface area contributed by atoms with Crippen LogP contribution in [0.5, 0.6) is 0 Å². The SMILES string of the molecule is [CH]12[CH]3[CH]4[CH]5[CH]1[Fe]23451678[CH]2[CH]1[CH]6[CH]7[CH]28.[MgH2]. The first-order chi connectivity index (χ1) is 5.16. The molecule has 0 nitrogen and oxygen atoms in total. The van der Waals surface area contributed by atoms with E-state index in [1.54, 1.807) is 48.2 Å². The average Bonchev–Trinajstić information content (AvgIpc) is 3.01. The molecular formula is C10H12FeMg. The molecule has 10 aliphatic heterocycles. The fraction of sp³-hybridized carbons (Fsp3) is 1.00. The zero-order valence-corrected chi connectivity index (χ0v) is 7.23. The van der Waals surface area contributed by atoms with Crippen LogP contribution in [-0.4, -0.2) is 23.1 Å². The molecule has 62 valence electrons. The van der Waals surface area contributed by atoms with E-state index in [1.807, 2.05) is 0 Å². The summed E-state index contributed by atoms with van der Waals surface area (Å²) in [4.78, 5) is 15.9. The smallest absolute Gasteiger partial charge is 0.316 e. The Labute approximate surface area is 77.3 Å². The molecule has 2 heteroatoms. The van der Waals surface area contributed by atoms with Gasteiger partial charge in [-0.2, -0.15) is 0 Å². The van der Waals surface area contributed by atoms with Crippen molar-refractivity contribution in [3.05, 3.63) is 0 Å². The van der Waals surface area contributed by atoms with Crippen LogP contribution in [-0.2, 0) is 6.51 Å². The molecule has 1 spiro atoms. The monoisotopic (exact) mass is 212 g/mol. The minimum atomic E-state index is -2.28. The van der Waals surface area contributed by atoms with E-state index in [-0.39, 0.29) is 23.1 Å². The summed E-state index contributed by atoms with van der Waals surface area (Å²) in [5.41, 5.74) is 0. The zero-order chi connectivity index (χ0) is 6.09. The molecule has 0 aromatic rings. The molecule has 0 atom stereocenters. The van der Waals surface area contributed by atoms with Gasteiger partial charge in [0.15, 0.2) is 0 Å². The summed E-state index contributed by atoms with van der Waals surface area (Å²) in [7, 11) is 0. The molecule has 0 amide bonds. The molecule has 0 aromatic heterocycles. The van der Waals surface area contributed by atoms with Crippen LogP contribution < -0.4 is 0 Å². The summed E-state index contributed by atoms with van der Waals surface area (Å²) in [6.07, 6.45) is 0. The molecular weight excluding hydrogens is 200 g/mol. The van der Waals surface area contributed by atoms with Gasteiger partial charge in [-0.3, -0.25) is 0 Å². The van der Waals surface area contributed by atoms with Crippen LogP contribution in [0, 0.1) is 0 Å². The predicted octanol–water partition coefficient (Wildman–Crippen LogP) is 2.46. The molecule has 10 aliphatic rings. The molecule has 10 fully saturated rings. The van der Waals surface area contributed by atoms with E-state index in [4.69, 9.17) is 0 Å². The second kappa shape index (κ2) is 0.269. The molecule has 10 heterocycles. The third-order valence-corrected chi connectivity index (χ3v) is 56.5. The maximum absolute atomic E-state index is 2.28. The first kappa shape index (κ1) is 4.43. The van der Waals surface area contributed by atoms with Gasteiger partial charge in [-0.15, -0.1) is 0 Å². The molecule has 10 saturated heterocycles. The Hall–Kier alpha value is 1.29. The van der Waals surface area contributed by atoms with Crippen molar-refractivity contribution in [1.82, 2.24) is 0 Å². The van der Waals surface area contributed by atoms with Crippen LogP contribution in [0.25, 0.3) is 0 Å². The second-order valence-corrected chi connectivity index (χ2v) is 33.5. The van der Waals surface area contributed by atoms with Gasteiger partial charge in [0.2, 0.25) is 0 Å². The molecule has 12 heavy (non-hydrogen) atoms. The average molecular weight is 212 g/mol. The van der Waals surface area contributed by atoms with Gasteiger partial charge < -0.3 is 0 Å². The Kier molecular flexibility index (Phi) is 0.0992. The summed E-state index contributed by atoms with van der Waals surface area (Å²) in [6.45, 7) is -2.28. The summed E-state index contributed by atoms with van der Waals surface area (Å²) < 4.78 is 0. The molecule has 0 N–H and O–H groups in total. The second-order valence-electron chi connectivity index (χ2n) is 9.58. The maximum Gasteiger partial charge on any atom is 0.316 e. The quantitative estimate of drug-likeness (QED) is 0.541. The number of rotatable bonds is 0. The third-order valence-electron chi connectivity index (χ3n) is 14.5. The van der Waals surface area contributed by atoms with Gasteiger partial charge >= 0.3 is 77.7 Å².